The summed E-state index contributed by atoms with van der Waals surface area (Å²) in [4.78, 5) is 0. The lowest BCUT2D eigenvalue weighted by Crippen LogP contribution is -2.45. The van der Waals surface area contributed by atoms with Crippen LogP contribution < -0.4 is 9.61 Å². The zero-order valence-corrected chi connectivity index (χ0v) is 15.6. The van der Waals surface area contributed by atoms with Crippen LogP contribution in [-0.2, 0) is 4.43 Å². The van der Waals surface area contributed by atoms with Gasteiger partial charge in [-0.3, -0.25) is 0 Å². The molecule has 0 heterocycles. The summed E-state index contributed by atoms with van der Waals surface area (Å²) in [5, 5.41) is 1.53. The van der Waals surface area contributed by atoms with E-state index in [4.69, 9.17) is 8.85 Å². The molecule has 108 valence electrons. The Kier molecular flexibility index (Phi) is 4.70. The van der Waals surface area contributed by atoms with Crippen molar-refractivity contribution in [1.29, 1.82) is 0 Å². The Morgan fingerprint density at radius 2 is 1.37 bits per heavy atom. The fourth-order valence-corrected chi connectivity index (χ4v) is 3.73. The van der Waals surface area contributed by atoms with Crippen molar-refractivity contribution >= 4 is 21.8 Å². The Morgan fingerprint density at radius 3 is 1.74 bits per heavy atom. The molecule has 0 spiro atoms. The van der Waals surface area contributed by atoms with E-state index in [1.165, 1.54) is 5.19 Å². The first kappa shape index (κ1) is 16.5. The summed E-state index contributed by atoms with van der Waals surface area (Å²) in [6.07, 6.45) is 0. The summed E-state index contributed by atoms with van der Waals surface area (Å²) in [5.74, 6) is 0.983. The Bertz CT molecular complexity index is 417. The molecule has 1 aromatic carbocycles. The summed E-state index contributed by atoms with van der Waals surface area (Å²) >= 11 is 0. The minimum absolute atomic E-state index is 0.228. The summed E-state index contributed by atoms with van der Waals surface area (Å²) in [7, 11) is -1.66. The van der Waals surface area contributed by atoms with Crippen molar-refractivity contribution in [2.24, 2.45) is 0 Å². The first-order valence-corrected chi connectivity index (χ1v) is 12.7. The molecule has 0 unspecified atom stereocenters. The van der Waals surface area contributed by atoms with Crippen LogP contribution in [0.4, 0.5) is 0 Å². The molecule has 0 saturated carbocycles. The highest BCUT2D eigenvalue weighted by molar-refractivity contribution is 6.84. The largest absolute Gasteiger partial charge is 0.544 e. The van der Waals surface area contributed by atoms with E-state index in [1.807, 2.05) is 0 Å². The minimum Gasteiger partial charge on any atom is -0.544 e. The Labute approximate surface area is 120 Å². The van der Waals surface area contributed by atoms with Crippen LogP contribution in [0.25, 0.3) is 0 Å². The molecule has 0 fully saturated rings. The average molecular weight is 297 g/mol. The van der Waals surface area contributed by atoms with Crippen LogP contribution in [0.5, 0.6) is 5.75 Å². The maximum Gasteiger partial charge on any atom is 0.250 e. The molecular formula is C15H28O2Si2. The van der Waals surface area contributed by atoms with E-state index in [9.17, 15) is 0 Å². The van der Waals surface area contributed by atoms with Gasteiger partial charge < -0.3 is 8.85 Å². The van der Waals surface area contributed by atoms with Crippen LogP contribution >= 0.6 is 0 Å². The fourth-order valence-electron chi connectivity index (χ4n) is 1.49. The molecule has 1 rings (SSSR count). The number of benzene rings is 1. The summed E-state index contributed by atoms with van der Waals surface area (Å²) < 4.78 is 11.9. The van der Waals surface area contributed by atoms with Crippen LogP contribution in [-0.4, -0.2) is 23.7 Å². The summed E-state index contributed by atoms with van der Waals surface area (Å²) in [5.41, 5.74) is 0. The van der Waals surface area contributed by atoms with E-state index in [0.717, 1.165) is 5.75 Å². The van der Waals surface area contributed by atoms with E-state index >= 15 is 0 Å². The molecule has 0 aliphatic rings. The smallest absolute Gasteiger partial charge is 0.250 e. The molecule has 0 aromatic heterocycles. The second-order valence-corrected chi connectivity index (χ2v) is 15.8. The van der Waals surface area contributed by atoms with Crippen LogP contribution in [0.3, 0.4) is 0 Å². The summed E-state index contributed by atoms with van der Waals surface area (Å²) in [6, 6.07) is 8.48. The van der Waals surface area contributed by atoms with E-state index in [0.29, 0.717) is 0 Å². The van der Waals surface area contributed by atoms with Gasteiger partial charge in [-0.05, 0) is 48.5 Å². The highest BCUT2D eigenvalue weighted by Gasteiger charge is 2.39. The SMILES string of the molecule is CO[Si](C)(C)c1ccc(O[Si](C)(C)C(C)(C)C)cc1. The third-order valence-corrected chi connectivity index (χ3v) is 11.3. The standard InChI is InChI=1S/C15H28O2Si2/c1-15(2,3)19(7,8)17-13-9-11-14(12-10-13)18(5,6)16-4/h9-12H,1-8H3. The molecule has 2 nitrogen and oxygen atoms in total. The second-order valence-electron chi connectivity index (χ2n) is 7.10. The quantitative estimate of drug-likeness (QED) is 0.778. The van der Waals surface area contributed by atoms with Gasteiger partial charge >= 0.3 is 0 Å². The van der Waals surface area contributed by atoms with Gasteiger partial charge in [-0.15, -0.1) is 0 Å². The third-order valence-electron chi connectivity index (χ3n) is 4.24. The zero-order chi connectivity index (χ0) is 14.9. The van der Waals surface area contributed by atoms with Gasteiger partial charge in [-0.1, -0.05) is 32.9 Å². The molecule has 1 aromatic rings. The fraction of sp³-hybridized carbons (Fsp3) is 0.600. The van der Waals surface area contributed by atoms with Crippen molar-refractivity contribution in [2.75, 3.05) is 7.11 Å². The topological polar surface area (TPSA) is 18.5 Å². The van der Waals surface area contributed by atoms with Gasteiger partial charge in [0.25, 0.3) is 0 Å². The summed E-state index contributed by atoms with van der Waals surface area (Å²) in [6.45, 7) is 15.7. The maximum atomic E-state index is 6.28. The van der Waals surface area contributed by atoms with Gasteiger partial charge in [0, 0.05) is 7.11 Å². The molecule has 0 atom stereocenters. The van der Waals surface area contributed by atoms with E-state index in [1.54, 1.807) is 7.11 Å². The first-order valence-electron chi connectivity index (χ1n) is 6.84. The van der Waals surface area contributed by atoms with E-state index < -0.39 is 16.6 Å². The monoisotopic (exact) mass is 296 g/mol. The third kappa shape index (κ3) is 3.94. The van der Waals surface area contributed by atoms with Crippen molar-refractivity contribution in [2.45, 2.75) is 52.0 Å². The van der Waals surface area contributed by atoms with E-state index in [2.05, 4.69) is 71.2 Å². The molecule has 0 bridgehead atoms. The number of hydrogen-bond donors (Lipinski definition) is 0. The van der Waals surface area contributed by atoms with Crippen LogP contribution in [0.1, 0.15) is 20.8 Å². The van der Waals surface area contributed by atoms with Gasteiger partial charge in [0.1, 0.15) is 5.75 Å². The first-order chi connectivity index (χ1) is 8.49. The van der Waals surface area contributed by atoms with Crippen LogP contribution in [0.2, 0.25) is 31.2 Å². The average Bonchev–Trinajstić information content (AvgIpc) is 2.27. The van der Waals surface area contributed by atoms with Crippen LogP contribution in [0.15, 0.2) is 24.3 Å². The molecule has 0 amide bonds. The zero-order valence-electron chi connectivity index (χ0n) is 13.6. The number of rotatable bonds is 4. The minimum atomic E-state index is -1.74. The van der Waals surface area contributed by atoms with Gasteiger partial charge in [-0.25, -0.2) is 0 Å². The highest BCUT2D eigenvalue weighted by atomic mass is 28.4. The van der Waals surface area contributed by atoms with Gasteiger partial charge in [0.05, 0.1) is 0 Å². The van der Waals surface area contributed by atoms with Crippen molar-refractivity contribution in [3.8, 4) is 5.75 Å². The molecule has 0 radical (unpaired) electrons. The molecule has 0 N–H and O–H groups in total. The van der Waals surface area contributed by atoms with Crippen LogP contribution in [0, 0.1) is 0 Å². The normalized spacial score (nSPS) is 13.5. The Hall–Kier alpha value is -0.586. The second kappa shape index (κ2) is 5.42. The maximum absolute atomic E-state index is 6.28. The predicted octanol–water partition coefficient (Wildman–Crippen LogP) is 4.13. The van der Waals surface area contributed by atoms with Crippen molar-refractivity contribution in [3.63, 3.8) is 0 Å². The molecule has 4 heteroatoms. The molecule has 19 heavy (non-hydrogen) atoms. The van der Waals surface area contributed by atoms with Gasteiger partial charge in [0.15, 0.2) is 0 Å². The predicted molar refractivity (Wildman–Crippen MR) is 88.4 cm³/mol. The van der Waals surface area contributed by atoms with Crippen molar-refractivity contribution < 1.29 is 8.85 Å². The highest BCUT2D eigenvalue weighted by Crippen LogP contribution is 2.37. The van der Waals surface area contributed by atoms with Crippen molar-refractivity contribution in [3.05, 3.63) is 24.3 Å². The van der Waals surface area contributed by atoms with E-state index in [-0.39, 0.29) is 5.04 Å². The lowest BCUT2D eigenvalue weighted by Gasteiger charge is -2.36. The van der Waals surface area contributed by atoms with Crippen molar-refractivity contribution in [1.82, 2.24) is 0 Å². The number of hydrogen-bond acceptors (Lipinski definition) is 2. The molecule has 0 saturated heterocycles. The lowest BCUT2D eigenvalue weighted by molar-refractivity contribution is 0.416. The Balaban J connectivity index is 2.90. The lowest BCUT2D eigenvalue weighted by atomic mass is 10.2. The molecular weight excluding hydrogens is 268 g/mol. The molecule has 0 aliphatic carbocycles. The van der Waals surface area contributed by atoms with Gasteiger partial charge in [0.2, 0.25) is 16.6 Å². The Morgan fingerprint density at radius 1 is 0.895 bits per heavy atom. The van der Waals surface area contributed by atoms with Gasteiger partial charge in [-0.2, -0.15) is 0 Å². The molecule has 0 aliphatic heterocycles.